The number of ether oxygens (including phenoxy) is 2. The van der Waals surface area contributed by atoms with Crippen LogP contribution in [-0.2, 0) is 0 Å². The van der Waals surface area contributed by atoms with E-state index < -0.39 is 28.9 Å². The van der Waals surface area contributed by atoms with Gasteiger partial charge in [0, 0.05) is 5.57 Å². The van der Waals surface area contributed by atoms with Crippen LogP contribution in [0.3, 0.4) is 0 Å². The van der Waals surface area contributed by atoms with Crippen LogP contribution in [0, 0.1) is 5.82 Å². The summed E-state index contributed by atoms with van der Waals surface area (Å²) in [7, 11) is 0. The Bertz CT molecular complexity index is 1130. The van der Waals surface area contributed by atoms with Crippen molar-refractivity contribution >= 4 is 23.3 Å². The minimum atomic E-state index is -4.89. The van der Waals surface area contributed by atoms with E-state index in [-0.39, 0.29) is 5.56 Å². The Morgan fingerprint density at radius 2 is 1.42 bits per heavy atom. The normalized spacial score (nSPS) is 12.8. The maximum absolute atomic E-state index is 13.9. The van der Waals surface area contributed by atoms with Crippen LogP contribution in [0.15, 0.2) is 84.9 Å². The van der Waals surface area contributed by atoms with Gasteiger partial charge >= 0.3 is 11.7 Å². The van der Waals surface area contributed by atoms with E-state index in [1.807, 2.05) is 0 Å². The maximum atomic E-state index is 13.9. The Labute approximate surface area is 190 Å². The molecule has 9 heteroatoms. The van der Waals surface area contributed by atoms with E-state index in [0.29, 0.717) is 17.1 Å². The first-order valence-corrected chi connectivity index (χ1v) is 9.73. The van der Waals surface area contributed by atoms with Crippen molar-refractivity contribution in [2.45, 2.75) is 11.7 Å². The maximum Gasteiger partial charge on any atom is 0.573 e. The summed E-state index contributed by atoms with van der Waals surface area (Å²) in [6, 6.07) is 16.0. The molecule has 33 heavy (non-hydrogen) atoms. The van der Waals surface area contributed by atoms with Crippen molar-refractivity contribution in [2.75, 3.05) is 0 Å². The summed E-state index contributed by atoms with van der Waals surface area (Å²) < 4.78 is 87.0. The minimum Gasteiger partial charge on any atom is -0.457 e. The van der Waals surface area contributed by atoms with E-state index in [4.69, 9.17) is 16.3 Å². The molecular weight excluding hydrogens is 470 g/mol. The first kappa shape index (κ1) is 24.3. The second kappa shape index (κ2) is 10.0. The van der Waals surface area contributed by atoms with Gasteiger partial charge in [0.25, 0.3) is 0 Å². The summed E-state index contributed by atoms with van der Waals surface area (Å²) in [6.07, 6.45) is -1.00. The van der Waals surface area contributed by atoms with Gasteiger partial charge in [0.15, 0.2) is 0 Å². The molecule has 0 heterocycles. The van der Waals surface area contributed by atoms with Crippen molar-refractivity contribution in [3.05, 3.63) is 102 Å². The average molecular weight is 485 g/mol. The monoisotopic (exact) mass is 484 g/mol. The third-order valence-corrected chi connectivity index (χ3v) is 4.37. The number of hydrogen-bond donors (Lipinski definition) is 0. The largest absolute Gasteiger partial charge is 0.573 e. The van der Waals surface area contributed by atoms with Gasteiger partial charge in [0.05, 0.1) is 0 Å². The highest BCUT2D eigenvalue weighted by Gasteiger charge is 2.33. The van der Waals surface area contributed by atoms with Crippen LogP contribution in [0.2, 0.25) is 0 Å². The molecule has 0 aliphatic heterocycles. The van der Waals surface area contributed by atoms with Gasteiger partial charge in [-0.15, -0.1) is 13.2 Å². The van der Waals surface area contributed by atoms with Crippen molar-refractivity contribution in [1.29, 1.82) is 0 Å². The van der Waals surface area contributed by atoms with Crippen molar-refractivity contribution in [3.63, 3.8) is 0 Å². The van der Waals surface area contributed by atoms with Gasteiger partial charge in [0.1, 0.15) is 23.1 Å². The van der Waals surface area contributed by atoms with E-state index >= 15 is 0 Å². The molecule has 0 spiro atoms. The van der Waals surface area contributed by atoms with Gasteiger partial charge in [-0.2, -0.15) is 8.78 Å². The van der Waals surface area contributed by atoms with Crippen LogP contribution >= 0.6 is 11.6 Å². The molecule has 0 fully saturated rings. The highest BCUT2D eigenvalue weighted by atomic mass is 35.5. The zero-order valence-corrected chi connectivity index (χ0v) is 17.4. The van der Waals surface area contributed by atoms with Gasteiger partial charge in [0.2, 0.25) is 0 Å². The number of halogens is 7. The second-order valence-corrected chi connectivity index (χ2v) is 7.11. The third kappa shape index (κ3) is 7.61. The fraction of sp³-hybridized carbons (Fsp3) is 0.0833. The average Bonchev–Trinajstić information content (AvgIpc) is 2.72. The Kier molecular flexibility index (Phi) is 7.38. The summed E-state index contributed by atoms with van der Waals surface area (Å²) in [4.78, 5) is 0. The molecule has 0 aromatic heterocycles. The molecule has 0 atom stereocenters. The SMILES string of the molecule is Fc1ccc(Oc2cccc(C=CC=C(c3ccc(OC(F)(F)F)cc3)C(F)(F)Cl)c2)cc1. The Hall–Kier alpha value is -3.39. The topological polar surface area (TPSA) is 18.5 Å². The van der Waals surface area contributed by atoms with Gasteiger partial charge < -0.3 is 9.47 Å². The summed E-state index contributed by atoms with van der Waals surface area (Å²) in [5, 5.41) is -3.77. The van der Waals surface area contributed by atoms with Crippen LogP contribution in [0.5, 0.6) is 17.2 Å². The van der Waals surface area contributed by atoms with Crippen molar-refractivity contribution in [3.8, 4) is 17.2 Å². The quantitative estimate of drug-likeness (QED) is 0.190. The van der Waals surface area contributed by atoms with Crippen LogP contribution in [0.25, 0.3) is 11.6 Å². The lowest BCUT2D eigenvalue weighted by Gasteiger charge is -2.14. The molecule has 2 nitrogen and oxygen atoms in total. The van der Waals surface area contributed by atoms with E-state index in [1.165, 1.54) is 36.4 Å². The number of allylic oxidation sites excluding steroid dienone is 3. The fourth-order valence-corrected chi connectivity index (χ4v) is 2.94. The standard InChI is InChI=1S/C24H15ClF6O2/c25-23(27,28)22(17-7-11-20(12-8-17)33-24(29,30)31)6-2-4-16-3-1-5-21(15-16)32-19-13-9-18(26)10-14-19/h1-15H. The van der Waals surface area contributed by atoms with Crippen molar-refractivity contribution < 1.29 is 35.8 Å². The molecule has 0 N–H and O–H groups in total. The van der Waals surface area contributed by atoms with Crippen LogP contribution in [0.4, 0.5) is 26.3 Å². The molecule has 172 valence electrons. The number of benzene rings is 3. The van der Waals surface area contributed by atoms with Gasteiger partial charge in [-0.3, -0.25) is 0 Å². The van der Waals surface area contributed by atoms with Crippen LogP contribution in [-0.4, -0.2) is 11.7 Å². The van der Waals surface area contributed by atoms with E-state index in [0.717, 1.165) is 30.3 Å². The molecule has 0 radical (unpaired) electrons. The smallest absolute Gasteiger partial charge is 0.457 e. The predicted molar refractivity (Wildman–Crippen MR) is 114 cm³/mol. The van der Waals surface area contributed by atoms with E-state index in [9.17, 15) is 26.3 Å². The molecular formula is C24H15ClF6O2. The van der Waals surface area contributed by atoms with Gasteiger partial charge in [-0.25, -0.2) is 4.39 Å². The predicted octanol–water partition coefficient (Wildman–Crippen LogP) is 8.45. The molecule has 0 unspecified atom stereocenters. The summed E-state index contributed by atoms with van der Waals surface area (Å²) in [5.74, 6) is -0.0902. The Morgan fingerprint density at radius 1 is 0.788 bits per heavy atom. The lowest BCUT2D eigenvalue weighted by atomic mass is 10.0. The number of hydrogen-bond acceptors (Lipinski definition) is 2. The molecule has 0 saturated heterocycles. The summed E-state index contributed by atoms with van der Waals surface area (Å²) >= 11 is 5.19. The molecule has 3 rings (SSSR count). The summed E-state index contributed by atoms with van der Waals surface area (Å²) in [6.45, 7) is 0. The minimum absolute atomic E-state index is 0.0810. The number of alkyl halides is 6. The Balaban J connectivity index is 1.78. The molecule has 0 bridgehead atoms. The fourth-order valence-electron chi connectivity index (χ4n) is 2.77. The van der Waals surface area contributed by atoms with E-state index in [1.54, 1.807) is 24.3 Å². The molecule has 3 aromatic rings. The first-order valence-electron chi connectivity index (χ1n) is 9.35. The van der Waals surface area contributed by atoms with Crippen molar-refractivity contribution in [1.82, 2.24) is 0 Å². The van der Waals surface area contributed by atoms with Gasteiger partial charge in [-0.1, -0.05) is 42.5 Å². The lowest BCUT2D eigenvalue weighted by Crippen LogP contribution is -2.17. The van der Waals surface area contributed by atoms with E-state index in [2.05, 4.69) is 4.74 Å². The molecule has 0 aliphatic rings. The molecule has 3 aromatic carbocycles. The zero-order chi connectivity index (χ0) is 24.1. The second-order valence-electron chi connectivity index (χ2n) is 6.64. The lowest BCUT2D eigenvalue weighted by molar-refractivity contribution is -0.274. The highest BCUT2D eigenvalue weighted by molar-refractivity contribution is 6.27. The van der Waals surface area contributed by atoms with Gasteiger partial charge in [-0.05, 0) is 71.3 Å². The highest BCUT2D eigenvalue weighted by Crippen LogP contribution is 2.37. The molecule has 0 saturated carbocycles. The van der Waals surface area contributed by atoms with Crippen LogP contribution < -0.4 is 9.47 Å². The molecule has 0 amide bonds. The molecule has 0 aliphatic carbocycles. The number of rotatable bonds is 7. The Morgan fingerprint density at radius 3 is 2.03 bits per heavy atom. The zero-order valence-electron chi connectivity index (χ0n) is 16.6. The van der Waals surface area contributed by atoms with Crippen molar-refractivity contribution in [2.24, 2.45) is 0 Å². The third-order valence-electron chi connectivity index (χ3n) is 4.16. The first-order chi connectivity index (χ1) is 15.5. The summed E-state index contributed by atoms with van der Waals surface area (Å²) in [5.41, 5.74) is -0.0858. The van der Waals surface area contributed by atoms with Crippen LogP contribution in [0.1, 0.15) is 11.1 Å².